The van der Waals surface area contributed by atoms with Crippen molar-refractivity contribution in [1.29, 1.82) is 0 Å². The van der Waals surface area contributed by atoms with Gasteiger partial charge in [-0.2, -0.15) is 0 Å². The molecule has 0 amide bonds. The maximum absolute atomic E-state index is 13.0. The van der Waals surface area contributed by atoms with Crippen LogP contribution in [-0.2, 0) is 5.88 Å². The topological polar surface area (TPSA) is 9.23 Å². The molecular weight excluding hydrogens is 281 g/mol. The molecule has 0 spiro atoms. The first-order chi connectivity index (χ1) is 8.60. The number of rotatable bonds is 3. The minimum Gasteiger partial charge on any atom is -0.456 e. The Kier molecular flexibility index (Phi) is 4.04. The van der Waals surface area contributed by atoms with E-state index < -0.39 is 11.6 Å². The van der Waals surface area contributed by atoms with Crippen LogP contribution in [0.25, 0.3) is 0 Å². The molecule has 0 N–H and O–H groups in total. The molecule has 0 heterocycles. The quantitative estimate of drug-likeness (QED) is 0.710. The molecule has 1 nitrogen and oxygen atoms in total. The van der Waals surface area contributed by atoms with Crippen molar-refractivity contribution < 1.29 is 13.5 Å². The van der Waals surface area contributed by atoms with Crippen LogP contribution >= 0.6 is 23.2 Å². The third-order valence-electron chi connectivity index (χ3n) is 2.27. The summed E-state index contributed by atoms with van der Waals surface area (Å²) >= 11 is 11.6. The van der Waals surface area contributed by atoms with Crippen LogP contribution < -0.4 is 4.74 Å². The zero-order chi connectivity index (χ0) is 13.1. The van der Waals surface area contributed by atoms with E-state index in [0.29, 0.717) is 16.7 Å². The van der Waals surface area contributed by atoms with E-state index in [-0.39, 0.29) is 5.75 Å². The van der Waals surface area contributed by atoms with Crippen molar-refractivity contribution in [1.82, 2.24) is 0 Å². The summed E-state index contributed by atoms with van der Waals surface area (Å²) in [5, 5.41) is 0.359. The van der Waals surface area contributed by atoms with Gasteiger partial charge in [-0.25, -0.2) is 8.78 Å². The van der Waals surface area contributed by atoms with E-state index in [9.17, 15) is 8.78 Å². The highest BCUT2D eigenvalue weighted by Gasteiger charge is 2.07. The van der Waals surface area contributed by atoms with Crippen molar-refractivity contribution in [3.63, 3.8) is 0 Å². The molecule has 0 aliphatic heterocycles. The van der Waals surface area contributed by atoms with Crippen LogP contribution in [0, 0.1) is 11.6 Å². The second-order valence-corrected chi connectivity index (χ2v) is 4.25. The van der Waals surface area contributed by atoms with Gasteiger partial charge in [0.25, 0.3) is 0 Å². The third kappa shape index (κ3) is 2.92. The fraction of sp³-hybridized carbons (Fsp3) is 0.0769. The van der Waals surface area contributed by atoms with Gasteiger partial charge < -0.3 is 4.74 Å². The normalized spacial score (nSPS) is 10.4. The summed E-state index contributed by atoms with van der Waals surface area (Å²) < 4.78 is 31.1. The monoisotopic (exact) mass is 288 g/mol. The van der Waals surface area contributed by atoms with E-state index in [1.165, 1.54) is 6.07 Å². The van der Waals surface area contributed by atoms with Gasteiger partial charge in [0, 0.05) is 11.9 Å². The summed E-state index contributed by atoms with van der Waals surface area (Å²) in [7, 11) is 0. The maximum atomic E-state index is 13.0. The van der Waals surface area contributed by atoms with Crippen LogP contribution in [0.1, 0.15) is 5.56 Å². The van der Waals surface area contributed by atoms with Crippen LogP contribution in [-0.4, -0.2) is 0 Å². The van der Waals surface area contributed by atoms with Gasteiger partial charge in [0.05, 0.1) is 5.02 Å². The molecule has 0 radical (unpaired) electrons. The average molecular weight is 289 g/mol. The highest BCUT2D eigenvalue weighted by molar-refractivity contribution is 6.32. The van der Waals surface area contributed by atoms with E-state index in [4.69, 9.17) is 27.9 Å². The standard InChI is InChI=1S/C13H8Cl2F2O/c14-7-8-1-4-13(10(15)5-8)18-9-2-3-11(16)12(17)6-9/h1-6H,7H2. The van der Waals surface area contributed by atoms with Gasteiger partial charge in [0.15, 0.2) is 11.6 Å². The van der Waals surface area contributed by atoms with E-state index in [2.05, 4.69) is 0 Å². The molecule has 5 heteroatoms. The largest absolute Gasteiger partial charge is 0.456 e. The molecular formula is C13H8Cl2F2O. The molecule has 18 heavy (non-hydrogen) atoms. The van der Waals surface area contributed by atoms with Gasteiger partial charge in [0.1, 0.15) is 11.5 Å². The number of hydrogen-bond donors (Lipinski definition) is 0. The van der Waals surface area contributed by atoms with E-state index in [1.807, 2.05) is 0 Å². The molecule has 2 aromatic carbocycles. The highest BCUT2D eigenvalue weighted by atomic mass is 35.5. The van der Waals surface area contributed by atoms with Crippen molar-refractivity contribution >= 4 is 23.2 Å². The second kappa shape index (κ2) is 5.55. The fourth-order valence-electron chi connectivity index (χ4n) is 1.38. The van der Waals surface area contributed by atoms with Gasteiger partial charge in [-0.05, 0) is 29.8 Å². The highest BCUT2D eigenvalue weighted by Crippen LogP contribution is 2.31. The van der Waals surface area contributed by atoms with Crippen molar-refractivity contribution in [2.24, 2.45) is 0 Å². The number of alkyl halides is 1. The molecule has 0 atom stereocenters. The first-order valence-electron chi connectivity index (χ1n) is 5.07. The summed E-state index contributed by atoms with van der Waals surface area (Å²) in [4.78, 5) is 0. The Labute approximate surface area is 113 Å². The average Bonchev–Trinajstić information content (AvgIpc) is 2.36. The molecule has 0 saturated heterocycles. The molecule has 0 saturated carbocycles. The van der Waals surface area contributed by atoms with Crippen LogP contribution in [0.2, 0.25) is 5.02 Å². The van der Waals surface area contributed by atoms with Gasteiger partial charge in [-0.1, -0.05) is 17.7 Å². The summed E-state index contributed by atoms with van der Waals surface area (Å²) in [5.41, 5.74) is 0.847. The predicted molar refractivity (Wildman–Crippen MR) is 67.4 cm³/mol. The lowest BCUT2D eigenvalue weighted by molar-refractivity contribution is 0.461. The molecule has 0 unspecified atom stereocenters. The molecule has 94 valence electrons. The Morgan fingerprint density at radius 2 is 1.78 bits per heavy atom. The van der Waals surface area contributed by atoms with E-state index in [1.54, 1.807) is 18.2 Å². The smallest absolute Gasteiger partial charge is 0.162 e. The first kappa shape index (κ1) is 13.1. The van der Waals surface area contributed by atoms with Crippen molar-refractivity contribution in [3.05, 3.63) is 58.6 Å². The predicted octanol–water partition coefficient (Wildman–Crippen LogP) is 5.15. The van der Waals surface area contributed by atoms with Gasteiger partial charge in [0.2, 0.25) is 0 Å². The van der Waals surface area contributed by atoms with Gasteiger partial charge in [-0.3, -0.25) is 0 Å². The molecule has 2 aromatic rings. The Bertz CT molecular complexity index is 573. The lowest BCUT2D eigenvalue weighted by Crippen LogP contribution is -1.89. The minimum absolute atomic E-state index is 0.175. The van der Waals surface area contributed by atoms with Gasteiger partial charge >= 0.3 is 0 Å². The lowest BCUT2D eigenvalue weighted by Gasteiger charge is -2.08. The molecule has 0 fully saturated rings. The Balaban J connectivity index is 2.25. The van der Waals surface area contributed by atoms with Crippen LogP contribution in [0.4, 0.5) is 8.78 Å². The summed E-state index contributed by atoms with van der Waals surface area (Å²) in [6.07, 6.45) is 0. The van der Waals surface area contributed by atoms with Crippen molar-refractivity contribution in [3.8, 4) is 11.5 Å². The Hall–Kier alpha value is -1.32. The zero-order valence-electron chi connectivity index (χ0n) is 9.09. The molecule has 0 aromatic heterocycles. The SMILES string of the molecule is Fc1ccc(Oc2ccc(CCl)cc2Cl)cc1F. The molecule has 0 aliphatic rings. The fourth-order valence-corrected chi connectivity index (χ4v) is 1.79. The number of benzene rings is 2. The Morgan fingerprint density at radius 3 is 2.39 bits per heavy atom. The summed E-state index contributed by atoms with van der Waals surface area (Å²) in [5.74, 6) is -1.02. The molecule has 0 aliphatic carbocycles. The summed E-state index contributed by atoms with van der Waals surface area (Å²) in [6.45, 7) is 0. The van der Waals surface area contributed by atoms with Crippen molar-refractivity contribution in [2.45, 2.75) is 5.88 Å². The first-order valence-corrected chi connectivity index (χ1v) is 5.98. The lowest BCUT2D eigenvalue weighted by atomic mass is 10.2. The van der Waals surface area contributed by atoms with Crippen LogP contribution in [0.15, 0.2) is 36.4 Å². The zero-order valence-corrected chi connectivity index (χ0v) is 10.6. The van der Waals surface area contributed by atoms with Crippen LogP contribution in [0.5, 0.6) is 11.5 Å². The molecule has 2 rings (SSSR count). The Morgan fingerprint density at radius 1 is 1.00 bits per heavy atom. The van der Waals surface area contributed by atoms with Gasteiger partial charge in [-0.15, -0.1) is 11.6 Å². The molecule has 0 bridgehead atoms. The van der Waals surface area contributed by atoms with E-state index >= 15 is 0 Å². The summed E-state index contributed by atoms with van der Waals surface area (Å²) in [6, 6.07) is 8.30. The maximum Gasteiger partial charge on any atom is 0.162 e. The van der Waals surface area contributed by atoms with E-state index in [0.717, 1.165) is 17.7 Å². The van der Waals surface area contributed by atoms with Crippen molar-refractivity contribution in [2.75, 3.05) is 0 Å². The second-order valence-electron chi connectivity index (χ2n) is 3.58. The third-order valence-corrected chi connectivity index (χ3v) is 2.87. The number of halogens is 4. The number of ether oxygens (including phenoxy) is 1. The minimum atomic E-state index is -0.971. The number of hydrogen-bond acceptors (Lipinski definition) is 1. The van der Waals surface area contributed by atoms with Crippen LogP contribution in [0.3, 0.4) is 0 Å².